The summed E-state index contributed by atoms with van der Waals surface area (Å²) in [5, 5.41) is 0. The van der Waals surface area contributed by atoms with Gasteiger partial charge in [-0.2, -0.15) is 0 Å². The zero-order chi connectivity index (χ0) is 17.8. The highest BCUT2D eigenvalue weighted by Gasteiger charge is 2.29. The van der Waals surface area contributed by atoms with Gasteiger partial charge in [0.1, 0.15) is 0 Å². The first-order valence-corrected chi connectivity index (χ1v) is 9.75. The van der Waals surface area contributed by atoms with Crippen LogP contribution in [0, 0.1) is 0 Å². The molecule has 138 valence electrons. The van der Waals surface area contributed by atoms with E-state index in [0.717, 1.165) is 44.6 Å². The van der Waals surface area contributed by atoms with Crippen LogP contribution < -0.4 is 5.56 Å². The number of pyridine rings is 1. The Labute approximate surface area is 150 Å². The van der Waals surface area contributed by atoms with Crippen molar-refractivity contribution in [1.29, 1.82) is 0 Å². The number of carbonyl (C=O) groups excluding carboxylic acids is 1. The number of rotatable bonds is 3. The Morgan fingerprint density at radius 2 is 1.72 bits per heavy atom. The van der Waals surface area contributed by atoms with E-state index in [1.165, 1.54) is 25.7 Å². The van der Waals surface area contributed by atoms with Gasteiger partial charge in [-0.25, -0.2) is 0 Å². The third kappa shape index (κ3) is 4.32. The molecule has 3 heterocycles. The molecule has 3 rings (SSSR count). The van der Waals surface area contributed by atoms with Crippen LogP contribution >= 0.6 is 0 Å². The predicted octanol–water partition coefficient (Wildman–Crippen LogP) is 2.36. The van der Waals surface area contributed by atoms with Gasteiger partial charge in [0.2, 0.25) is 5.91 Å². The summed E-state index contributed by atoms with van der Waals surface area (Å²) in [6.45, 7) is 5.78. The third-order valence-corrected chi connectivity index (χ3v) is 5.95. The number of likely N-dealkylation sites (tertiary alicyclic amines) is 2. The number of hydrogen-bond acceptors (Lipinski definition) is 3. The SMILES string of the molecule is CC(C(=O)N1CCC(c2ccn(C)c(=O)c2)CC1)N1CCCCCC1. The lowest BCUT2D eigenvalue weighted by Gasteiger charge is -2.36. The van der Waals surface area contributed by atoms with Crippen molar-refractivity contribution in [2.24, 2.45) is 7.05 Å². The molecule has 0 spiro atoms. The van der Waals surface area contributed by atoms with Gasteiger partial charge in [-0.3, -0.25) is 14.5 Å². The molecule has 1 unspecified atom stereocenters. The molecule has 1 aromatic rings. The first-order chi connectivity index (χ1) is 12.1. The standard InChI is InChI=1S/C20H31N3O2/c1-16(22-10-5-3-4-6-11-22)20(25)23-13-8-17(9-14-23)18-7-12-21(2)19(24)15-18/h7,12,15-17H,3-6,8-11,13-14H2,1-2H3. The summed E-state index contributed by atoms with van der Waals surface area (Å²) in [6, 6.07) is 3.80. The van der Waals surface area contributed by atoms with Crippen molar-refractivity contribution in [2.45, 2.75) is 57.4 Å². The van der Waals surface area contributed by atoms with Gasteiger partial charge >= 0.3 is 0 Å². The molecule has 0 radical (unpaired) electrons. The van der Waals surface area contributed by atoms with E-state index in [2.05, 4.69) is 11.8 Å². The van der Waals surface area contributed by atoms with Crippen molar-refractivity contribution in [3.63, 3.8) is 0 Å². The molecule has 1 atom stereocenters. The van der Waals surface area contributed by atoms with E-state index >= 15 is 0 Å². The van der Waals surface area contributed by atoms with E-state index in [9.17, 15) is 9.59 Å². The maximum Gasteiger partial charge on any atom is 0.250 e. The Morgan fingerprint density at radius 1 is 1.08 bits per heavy atom. The van der Waals surface area contributed by atoms with Gasteiger partial charge in [-0.15, -0.1) is 0 Å². The molecule has 1 aromatic heterocycles. The van der Waals surface area contributed by atoms with Crippen LogP contribution in [0.15, 0.2) is 23.1 Å². The van der Waals surface area contributed by atoms with Crippen LogP contribution in [0.3, 0.4) is 0 Å². The van der Waals surface area contributed by atoms with Crippen LogP contribution in [-0.2, 0) is 11.8 Å². The molecular formula is C20H31N3O2. The quantitative estimate of drug-likeness (QED) is 0.845. The minimum Gasteiger partial charge on any atom is -0.341 e. The van der Waals surface area contributed by atoms with E-state index in [0.29, 0.717) is 5.92 Å². The number of amides is 1. The second-order valence-corrected chi connectivity index (χ2v) is 7.63. The molecule has 2 fully saturated rings. The van der Waals surface area contributed by atoms with Crippen molar-refractivity contribution in [2.75, 3.05) is 26.2 Å². The van der Waals surface area contributed by atoms with E-state index in [4.69, 9.17) is 0 Å². The van der Waals surface area contributed by atoms with Gasteiger partial charge in [0.05, 0.1) is 6.04 Å². The molecule has 0 bridgehead atoms. The van der Waals surface area contributed by atoms with E-state index in [1.54, 1.807) is 17.7 Å². The molecule has 0 aliphatic carbocycles. The average molecular weight is 345 g/mol. The molecule has 2 saturated heterocycles. The van der Waals surface area contributed by atoms with Crippen molar-refractivity contribution in [1.82, 2.24) is 14.4 Å². The molecular weight excluding hydrogens is 314 g/mol. The number of hydrogen-bond donors (Lipinski definition) is 0. The van der Waals surface area contributed by atoms with Crippen LogP contribution in [0.1, 0.15) is 56.9 Å². The molecule has 0 saturated carbocycles. The second kappa shape index (κ2) is 8.17. The van der Waals surface area contributed by atoms with Crippen LogP contribution in [0.2, 0.25) is 0 Å². The van der Waals surface area contributed by atoms with Crippen LogP contribution in [0.5, 0.6) is 0 Å². The molecule has 5 nitrogen and oxygen atoms in total. The first-order valence-electron chi connectivity index (χ1n) is 9.75. The van der Waals surface area contributed by atoms with Crippen molar-refractivity contribution < 1.29 is 4.79 Å². The lowest BCUT2D eigenvalue weighted by molar-refractivity contribution is -0.137. The molecule has 0 aromatic carbocycles. The number of carbonyl (C=O) groups is 1. The molecule has 0 N–H and O–H groups in total. The van der Waals surface area contributed by atoms with Crippen LogP contribution in [0.4, 0.5) is 0 Å². The van der Waals surface area contributed by atoms with Gasteiger partial charge in [0.15, 0.2) is 0 Å². The molecule has 1 amide bonds. The summed E-state index contributed by atoms with van der Waals surface area (Å²) in [5.41, 5.74) is 1.17. The highest BCUT2D eigenvalue weighted by Crippen LogP contribution is 2.27. The van der Waals surface area contributed by atoms with Gasteiger partial charge in [0.25, 0.3) is 5.56 Å². The van der Waals surface area contributed by atoms with Gasteiger partial charge in [-0.1, -0.05) is 12.8 Å². The minimum atomic E-state index is -0.00123. The largest absolute Gasteiger partial charge is 0.341 e. The maximum absolute atomic E-state index is 12.9. The summed E-state index contributed by atoms with van der Waals surface area (Å²) >= 11 is 0. The summed E-state index contributed by atoms with van der Waals surface area (Å²) in [5.74, 6) is 0.677. The van der Waals surface area contributed by atoms with Crippen molar-refractivity contribution in [3.05, 3.63) is 34.2 Å². The van der Waals surface area contributed by atoms with Gasteiger partial charge in [-0.05, 0) is 63.2 Å². The Balaban J connectivity index is 1.56. The zero-order valence-electron chi connectivity index (χ0n) is 15.6. The highest BCUT2D eigenvalue weighted by molar-refractivity contribution is 5.81. The van der Waals surface area contributed by atoms with Crippen molar-refractivity contribution in [3.8, 4) is 0 Å². The van der Waals surface area contributed by atoms with E-state index < -0.39 is 0 Å². The number of aryl methyl sites for hydroxylation is 1. The Bertz CT molecular complexity index is 639. The third-order valence-electron chi connectivity index (χ3n) is 5.95. The summed E-state index contributed by atoms with van der Waals surface area (Å²) < 4.78 is 1.60. The lowest BCUT2D eigenvalue weighted by atomic mass is 9.90. The summed E-state index contributed by atoms with van der Waals surface area (Å²) in [4.78, 5) is 29.1. The monoisotopic (exact) mass is 345 g/mol. The fourth-order valence-corrected chi connectivity index (χ4v) is 4.15. The molecule has 5 heteroatoms. The molecule has 25 heavy (non-hydrogen) atoms. The van der Waals surface area contributed by atoms with E-state index in [-0.39, 0.29) is 17.5 Å². The Hall–Kier alpha value is -1.62. The predicted molar refractivity (Wildman–Crippen MR) is 99.7 cm³/mol. The highest BCUT2D eigenvalue weighted by atomic mass is 16.2. The number of aromatic nitrogens is 1. The number of nitrogens with zero attached hydrogens (tertiary/aromatic N) is 3. The molecule has 2 aliphatic rings. The van der Waals surface area contributed by atoms with Crippen molar-refractivity contribution >= 4 is 5.91 Å². The second-order valence-electron chi connectivity index (χ2n) is 7.63. The maximum atomic E-state index is 12.9. The normalized spacial score (nSPS) is 21.8. The Morgan fingerprint density at radius 3 is 2.32 bits per heavy atom. The van der Waals surface area contributed by atoms with E-state index in [1.807, 2.05) is 17.2 Å². The van der Waals surface area contributed by atoms with Gasteiger partial charge < -0.3 is 9.47 Å². The fourth-order valence-electron chi connectivity index (χ4n) is 4.15. The van der Waals surface area contributed by atoms with Crippen LogP contribution in [-0.4, -0.2) is 52.5 Å². The summed E-state index contributed by atoms with van der Waals surface area (Å²) in [7, 11) is 1.78. The summed E-state index contributed by atoms with van der Waals surface area (Å²) in [6.07, 6.45) is 8.75. The lowest BCUT2D eigenvalue weighted by Crippen LogP contribution is -2.49. The molecule has 2 aliphatic heterocycles. The number of piperidine rings is 1. The first kappa shape index (κ1) is 18.2. The van der Waals surface area contributed by atoms with Gasteiger partial charge in [0, 0.05) is 32.4 Å². The minimum absolute atomic E-state index is 0.00123. The Kier molecular flexibility index (Phi) is 5.94. The smallest absolute Gasteiger partial charge is 0.250 e. The average Bonchev–Trinajstić information content (AvgIpc) is 2.92. The topological polar surface area (TPSA) is 45.6 Å². The zero-order valence-corrected chi connectivity index (χ0v) is 15.6. The fraction of sp³-hybridized carbons (Fsp3) is 0.700. The van der Waals surface area contributed by atoms with Crippen LogP contribution in [0.25, 0.3) is 0 Å².